The molecule has 156 valence electrons. The van der Waals surface area contributed by atoms with Gasteiger partial charge in [-0.05, 0) is 54.8 Å². The number of ether oxygens (including phenoxy) is 1. The summed E-state index contributed by atoms with van der Waals surface area (Å²) in [7, 11) is 5.20. The number of guanidine groups is 1. The van der Waals surface area contributed by atoms with Crippen LogP contribution in [0.2, 0.25) is 0 Å². The Morgan fingerprint density at radius 1 is 1.03 bits per heavy atom. The first-order valence-electron chi connectivity index (χ1n) is 9.63. The fraction of sp³-hybridized carbons (Fsp3) is 0.364. The van der Waals surface area contributed by atoms with Crippen LogP contribution in [-0.2, 0) is 6.54 Å². The summed E-state index contributed by atoms with van der Waals surface area (Å²) in [5.74, 6) is 1.12. The van der Waals surface area contributed by atoms with Crippen molar-refractivity contribution in [2.75, 3.05) is 34.3 Å². The summed E-state index contributed by atoms with van der Waals surface area (Å²) in [6.07, 6.45) is 1.80. The summed E-state index contributed by atoms with van der Waals surface area (Å²) in [5, 5.41) is 6.52. The summed E-state index contributed by atoms with van der Waals surface area (Å²) in [5.41, 5.74) is 1.74. The predicted molar refractivity (Wildman–Crippen MR) is 114 cm³/mol. The van der Waals surface area contributed by atoms with Crippen LogP contribution in [0.25, 0.3) is 0 Å². The normalized spacial score (nSPS) is 11.1. The van der Waals surface area contributed by atoms with E-state index in [0.717, 1.165) is 30.9 Å². The highest BCUT2D eigenvalue weighted by atomic mass is 19.1. The maximum atomic E-state index is 12.8. The first-order valence-corrected chi connectivity index (χ1v) is 9.63. The fourth-order valence-electron chi connectivity index (χ4n) is 2.58. The summed E-state index contributed by atoms with van der Waals surface area (Å²) in [4.78, 5) is 17.7. The van der Waals surface area contributed by atoms with Gasteiger partial charge in [-0.3, -0.25) is 9.79 Å². The number of hydrogen-bond acceptors (Lipinski definition) is 3. The fourth-order valence-corrected chi connectivity index (χ4v) is 2.58. The van der Waals surface area contributed by atoms with Crippen LogP contribution in [0.15, 0.2) is 53.5 Å². The molecule has 0 radical (unpaired) electrons. The van der Waals surface area contributed by atoms with Gasteiger partial charge in [0.05, 0.1) is 6.61 Å². The Morgan fingerprint density at radius 3 is 2.34 bits per heavy atom. The first kappa shape index (κ1) is 22.2. The molecule has 0 atom stereocenters. The molecule has 2 N–H and O–H groups in total. The van der Waals surface area contributed by atoms with E-state index in [1.807, 2.05) is 24.3 Å². The SMILES string of the molecule is CN=C(NCCCCOc1ccc(F)cc1)NCc1ccc(C(=O)N(C)C)cc1. The second kappa shape index (κ2) is 11.7. The Balaban J connectivity index is 1.63. The number of halogens is 1. The molecular formula is C22H29FN4O2. The van der Waals surface area contributed by atoms with Crippen LogP contribution >= 0.6 is 0 Å². The zero-order chi connectivity index (χ0) is 21.1. The van der Waals surface area contributed by atoms with Gasteiger partial charge in [0, 0.05) is 39.8 Å². The van der Waals surface area contributed by atoms with Crippen molar-refractivity contribution in [2.24, 2.45) is 4.99 Å². The quantitative estimate of drug-likeness (QED) is 0.386. The van der Waals surface area contributed by atoms with E-state index in [1.54, 1.807) is 38.2 Å². The second-order valence-electron chi connectivity index (χ2n) is 6.76. The molecule has 0 heterocycles. The van der Waals surface area contributed by atoms with Crippen LogP contribution in [0.3, 0.4) is 0 Å². The Kier molecular flexibility index (Phi) is 8.95. The maximum absolute atomic E-state index is 12.8. The van der Waals surface area contributed by atoms with Gasteiger partial charge in [0.1, 0.15) is 11.6 Å². The molecule has 0 aromatic heterocycles. The Labute approximate surface area is 171 Å². The van der Waals surface area contributed by atoms with Crippen LogP contribution in [0.4, 0.5) is 4.39 Å². The average Bonchev–Trinajstić information content (AvgIpc) is 2.73. The number of carbonyl (C=O) groups is 1. The lowest BCUT2D eigenvalue weighted by atomic mass is 10.1. The third kappa shape index (κ3) is 7.81. The maximum Gasteiger partial charge on any atom is 0.253 e. The van der Waals surface area contributed by atoms with Crippen molar-refractivity contribution in [2.45, 2.75) is 19.4 Å². The zero-order valence-electron chi connectivity index (χ0n) is 17.2. The average molecular weight is 400 g/mol. The van der Waals surface area contributed by atoms with Crippen molar-refractivity contribution in [1.82, 2.24) is 15.5 Å². The zero-order valence-corrected chi connectivity index (χ0v) is 17.2. The molecule has 0 aliphatic rings. The van der Waals surface area contributed by atoms with E-state index < -0.39 is 0 Å². The first-order chi connectivity index (χ1) is 14.0. The number of rotatable bonds is 9. The van der Waals surface area contributed by atoms with Crippen molar-refractivity contribution in [3.8, 4) is 5.75 Å². The number of amides is 1. The smallest absolute Gasteiger partial charge is 0.253 e. The Bertz CT molecular complexity index is 789. The Morgan fingerprint density at radius 2 is 1.72 bits per heavy atom. The van der Waals surface area contributed by atoms with Gasteiger partial charge >= 0.3 is 0 Å². The second-order valence-corrected chi connectivity index (χ2v) is 6.76. The van der Waals surface area contributed by atoms with Gasteiger partial charge in [-0.25, -0.2) is 4.39 Å². The standard InChI is InChI=1S/C22H29FN4O2/c1-24-22(25-14-4-5-15-29-20-12-10-19(23)11-13-20)26-16-17-6-8-18(9-7-17)21(28)27(2)3/h6-13H,4-5,14-16H2,1-3H3,(H2,24,25,26). The van der Waals surface area contributed by atoms with E-state index in [0.29, 0.717) is 24.5 Å². The highest BCUT2D eigenvalue weighted by Crippen LogP contribution is 2.11. The van der Waals surface area contributed by atoms with Gasteiger partial charge in [-0.2, -0.15) is 0 Å². The minimum Gasteiger partial charge on any atom is -0.494 e. The third-order valence-corrected chi connectivity index (χ3v) is 4.24. The van der Waals surface area contributed by atoms with Gasteiger partial charge < -0.3 is 20.3 Å². The van der Waals surface area contributed by atoms with Gasteiger partial charge in [0.25, 0.3) is 5.91 Å². The van der Waals surface area contributed by atoms with Crippen LogP contribution in [-0.4, -0.2) is 51.1 Å². The van der Waals surface area contributed by atoms with Gasteiger partial charge in [0.2, 0.25) is 0 Å². The molecule has 0 saturated carbocycles. The molecular weight excluding hydrogens is 371 g/mol. The summed E-state index contributed by atoms with van der Waals surface area (Å²) in [6, 6.07) is 13.6. The minimum atomic E-state index is -0.265. The molecule has 0 aliphatic carbocycles. The number of nitrogens with one attached hydrogen (secondary N) is 2. The van der Waals surface area contributed by atoms with E-state index in [2.05, 4.69) is 15.6 Å². The van der Waals surface area contributed by atoms with Crippen LogP contribution in [0, 0.1) is 5.82 Å². The number of nitrogens with zero attached hydrogens (tertiary/aromatic N) is 2. The number of carbonyl (C=O) groups excluding carboxylic acids is 1. The highest BCUT2D eigenvalue weighted by Gasteiger charge is 2.07. The summed E-state index contributed by atoms with van der Waals surface area (Å²) >= 11 is 0. The number of hydrogen-bond donors (Lipinski definition) is 2. The molecule has 29 heavy (non-hydrogen) atoms. The number of aliphatic imine (C=N–C) groups is 1. The van der Waals surface area contributed by atoms with Crippen molar-refractivity contribution in [3.05, 3.63) is 65.5 Å². The summed E-state index contributed by atoms with van der Waals surface area (Å²) < 4.78 is 18.4. The third-order valence-electron chi connectivity index (χ3n) is 4.24. The molecule has 6 nitrogen and oxygen atoms in total. The molecule has 2 aromatic carbocycles. The van der Waals surface area contributed by atoms with Crippen LogP contribution in [0.5, 0.6) is 5.75 Å². The van der Waals surface area contributed by atoms with Crippen molar-refractivity contribution < 1.29 is 13.9 Å². The lowest BCUT2D eigenvalue weighted by molar-refractivity contribution is 0.0827. The molecule has 7 heteroatoms. The van der Waals surface area contributed by atoms with Crippen molar-refractivity contribution in [1.29, 1.82) is 0 Å². The molecule has 0 saturated heterocycles. The van der Waals surface area contributed by atoms with Gasteiger partial charge in [-0.1, -0.05) is 12.1 Å². The lowest BCUT2D eigenvalue weighted by Gasteiger charge is -2.13. The molecule has 0 fully saturated rings. The topological polar surface area (TPSA) is 66.0 Å². The molecule has 0 spiro atoms. The molecule has 2 aromatic rings. The van der Waals surface area contributed by atoms with E-state index in [4.69, 9.17) is 4.74 Å². The highest BCUT2D eigenvalue weighted by molar-refractivity contribution is 5.93. The summed E-state index contributed by atoms with van der Waals surface area (Å²) in [6.45, 7) is 1.96. The van der Waals surface area contributed by atoms with Crippen LogP contribution < -0.4 is 15.4 Å². The lowest BCUT2D eigenvalue weighted by Crippen LogP contribution is -2.37. The van der Waals surface area contributed by atoms with E-state index in [1.165, 1.54) is 12.1 Å². The van der Waals surface area contributed by atoms with Crippen molar-refractivity contribution >= 4 is 11.9 Å². The monoisotopic (exact) mass is 400 g/mol. The Hall–Kier alpha value is -3.09. The number of unbranched alkanes of at least 4 members (excludes halogenated alkanes) is 1. The van der Waals surface area contributed by atoms with Gasteiger partial charge in [-0.15, -0.1) is 0 Å². The molecule has 0 unspecified atom stereocenters. The van der Waals surface area contributed by atoms with Crippen LogP contribution in [0.1, 0.15) is 28.8 Å². The van der Waals surface area contributed by atoms with Crippen molar-refractivity contribution in [3.63, 3.8) is 0 Å². The van der Waals surface area contributed by atoms with E-state index in [-0.39, 0.29) is 11.7 Å². The minimum absolute atomic E-state index is 0.00890. The molecule has 0 bridgehead atoms. The predicted octanol–water partition coefficient (Wildman–Crippen LogP) is 3.05. The molecule has 2 rings (SSSR count). The number of benzene rings is 2. The molecule has 0 aliphatic heterocycles. The largest absolute Gasteiger partial charge is 0.494 e. The van der Waals surface area contributed by atoms with E-state index in [9.17, 15) is 9.18 Å². The van der Waals surface area contributed by atoms with E-state index >= 15 is 0 Å². The molecule has 1 amide bonds. The van der Waals surface area contributed by atoms with Gasteiger partial charge in [0.15, 0.2) is 5.96 Å².